The van der Waals surface area contributed by atoms with Crippen molar-refractivity contribution in [1.82, 2.24) is 9.97 Å². The zero-order valence-electron chi connectivity index (χ0n) is 9.89. The van der Waals surface area contributed by atoms with E-state index in [1.165, 1.54) is 25.7 Å². The van der Waals surface area contributed by atoms with E-state index in [9.17, 15) is 0 Å². The molecule has 0 aliphatic heterocycles. The molecular formula is C14H17N3. The predicted molar refractivity (Wildman–Crippen MR) is 70.0 cm³/mol. The van der Waals surface area contributed by atoms with Crippen molar-refractivity contribution in [2.75, 3.05) is 11.9 Å². The largest absolute Gasteiger partial charge is 0.385 e. The van der Waals surface area contributed by atoms with Crippen LogP contribution in [0, 0.1) is 5.92 Å². The molecule has 0 bridgehead atoms. The maximum Gasteiger partial charge on any atom is 0.0907 e. The lowest BCUT2D eigenvalue weighted by Crippen LogP contribution is -2.10. The highest BCUT2D eigenvalue weighted by atomic mass is 14.9. The molecule has 1 aromatic heterocycles. The van der Waals surface area contributed by atoms with E-state index >= 15 is 0 Å². The fourth-order valence-corrected chi connectivity index (χ4v) is 2.55. The molecule has 0 amide bonds. The Morgan fingerprint density at radius 1 is 1.06 bits per heavy atom. The average molecular weight is 227 g/mol. The van der Waals surface area contributed by atoms with E-state index in [0.717, 1.165) is 29.2 Å². The van der Waals surface area contributed by atoms with Gasteiger partial charge in [0.1, 0.15) is 0 Å². The molecular weight excluding hydrogens is 210 g/mol. The van der Waals surface area contributed by atoms with Crippen LogP contribution in [-0.2, 0) is 0 Å². The van der Waals surface area contributed by atoms with Crippen LogP contribution in [0.2, 0.25) is 0 Å². The first kappa shape index (κ1) is 10.5. The molecule has 1 aliphatic carbocycles. The zero-order valence-corrected chi connectivity index (χ0v) is 9.89. The smallest absolute Gasteiger partial charge is 0.0907 e. The number of hydrogen-bond donors (Lipinski definition) is 1. The quantitative estimate of drug-likeness (QED) is 0.874. The van der Waals surface area contributed by atoms with Crippen LogP contribution in [0.5, 0.6) is 0 Å². The zero-order chi connectivity index (χ0) is 11.5. The first-order valence-electron chi connectivity index (χ1n) is 6.36. The van der Waals surface area contributed by atoms with Gasteiger partial charge in [-0.25, -0.2) is 0 Å². The monoisotopic (exact) mass is 227 g/mol. The molecule has 1 aromatic carbocycles. The minimum Gasteiger partial charge on any atom is -0.385 e. The molecule has 0 saturated heterocycles. The Labute approximate surface area is 101 Å². The molecule has 3 nitrogen and oxygen atoms in total. The van der Waals surface area contributed by atoms with Gasteiger partial charge in [0.15, 0.2) is 0 Å². The van der Waals surface area contributed by atoms with Gasteiger partial charge in [0.25, 0.3) is 0 Å². The SMILES string of the molecule is c1cnc2cc(NCC3CCCC3)ccc2n1. The summed E-state index contributed by atoms with van der Waals surface area (Å²) < 4.78 is 0. The van der Waals surface area contributed by atoms with Crippen molar-refractivity contribution in [1.29, 1.82) is 0 Å². The third-order valence-electron chi connectivity index (χ3n) is 3.54. The van der Waals surface area contributed by atoms with Crippen LogP contribution >= 0.6 is 0 Å². The molecule has 3 heteroatoms. The fraction of sp³-hybridized carbons (Fsp3) is 0.429. The van der Waals surface area contributed by atoms with Gasteiger partial charge >= 0.3 is 0 Å². The standard InChI is InChI=1S/C14H17N3/c1-2-4-11(3-1)10-17-12-5-6-13-14(9-12)16-8-7-15-13/h5-9,11,17H,1-4,10H2. The number of nitrogens with zero attached hydrogens (tertiary/aromatic N) is 2. The van der Waals surface area contributed by atoms with Crippen LogP contribution in [0.1, 0.15) is 25.7 Å². The Morgan fingerprint density at radius 2 is 1.82 bits per heavy atom. The van der Waals surface area contributed by atoms with Gasteiger partial charge in [-0.15, -0.1) is 0 Å². The van der Waals surface area contributed by atoms with Crippen molar-refractivity contribution in [3.05, 3.63) is 30.6 Å². The van der Waals surface area contributed by atoms with Crippen LogP contribution in [0.3, 0.4) is 0 Å². The molecule has 1 heterocycles. The van der Waals surface area contributed by atoms with E-state index in [-0.39, 0.29) is 0 Å². The van der Waals surface area contributed by atoms with Gasteiger partial charge < -0.3 is 5.32 Å². The second-order valence-corrected chi connectivity index (χ2v) is 4.79. The summed E-state index contributed by atoms with van der Waals surface area (Å²) >= 11 is 0. The Bertz CT molecular complexity index is 504. The number of anilines is 1. The van der Waals surface area contributed by atoms with Crippen LogP contribution in [0.15, 0.2) is 30.6 Å². The van der Waals surface area contributed by atoms with E-state index < -0.39 is 0 Å². The highest BCUT2D eigenvalue weighted by molar-refractivity contribution is 5.78. The molecule has 17 heavy (non-hydrogen) atoms. The summed E-state index contributed by atoms with van der Waals surface area (Å²) in [5.74, 6) is 0.854. The molecule has 2 aromatic rings. The number of hydrogen-bond acceptors (Lipinski definition) is 3. The van der Waals surface area contributed by atoms with E-state index in [2.05, 4.69) is 27.4 Å². The first-order valence-corrected chi connectivity index (χ1v) is 6.36. The number of nitrogens with one attached hydrogen (secondary N) is 1. The minimum absolute atomic E-state index is 0.854. The van der Waals surface area contributed by atoms with Crippen molar-refractivity contribution < 1.29 is 0 Å². The van der Waals surface area contributed by atoms with E-state index in [4.69, 9.17) is 0 Å². The van der Waals surface area contributed by atoms with Gasteiger partial charge in [-0.05, 0) is 37.0 Å². The summed E-state index contributed by atoms with van der Waals surface area (Å²) in [5, 5.41) is 3.51. The third kappa shape index (κ3) is 2.38. The molecule has 1 aliphatic rings. The Balaban J connectivity index is 1.72. The van der Waals surface area contributed by atoms with Gasteiger partial charge in [0, 0.05) is 24.6 Å². The van der Waals surface area contributed by atoms with Gasteiger partial charge in [0.05, 0.1) is 11.0 Å². The number of benzene rings is 1. The summed E-state index contributed by atoms with van der Waals surface area (Å²) in [6, 6.07) is 6.20. The van der Waals surface area contributed by atoms with Gasteiger partial charge in [-0.3, -0.25) is 9.97 Å². The topological polar surface area (TPSA) is 37.8 Å². The molecule has 88 valence electrons. The molecule has 0 spiro atoms. The maximum absolute atomic E-state index is 4.32. The van der Waals surface area contributed by atoms with Crippen LogP contribution < -0.4 is 5.32 Å². The second-order valence-electron chi connectivity index (χ2n) is 4.79. The normalized spacial score (nSPS) is 16.5. The fourth-order valence-electron chi connectivity index (χ4n) is 2.55. The van der Waals surface area contributed by atoms with Crippen molar-refractivity contribution in [3.8, 4) is 0 Å². The molecule has 0 atom stereocenters. The Kier molecular flexibility index (Phi) is 2.90. The highest BCUT2D eigenvalue weighted by Crippen LogP contribution is 2.25. The highest BCUT2D eigenvalue weighted by Gasteiger charge is 2.14. The lowest BCUT2D eigenvalue weighted by Gasteiger charge is -2.11. The first-order chi connectivity index (χ1) is 8.42. The Morgan fingerprint density at radius 3 is 2.65 bits per heavy atom. The summed E-state index contributed by atoms with van der Waals surface area (Å²) in [6.07, 6.45) is 9.02. The van der Waals surface area contributed by atoms with E-state index in [0.29, 0.717) is 0 Å². The maximum atomic E-state index is 4.32. The van der Waals surface area contributed by atoms with Gasteiger partial charge in [0.2, 0.25) is 0 Å². The Hall–Kier alpha value is -1.64. The minimum atomic E-state index is 0.854. The van der Waals surface area contributed by atoms with Crippen molar-refractivity contribution in [2.45, 2.75) is 25.7 Å². The summed E-state index contributed by atoms with van der Waals surface area (Å²) in [6.45, 7) is 1.09. The molecule has 0 radical (unpaired) electrons. The molecule has 3 rings (SSSR count). The number of aromatic nitrogens is 2. The molecule has 1 fully saturated rings. The van der Waals surface area contributed by atoms with Crippen LogP contribution in [0.4, 0.5) is 5.69 Å². The van der Waals surface area contributed by atoms with Crippen molar-refractivity contribution in [3.63, 3.8) is 0 Å². The van der Waals surface area contributed by atoms with E-state index in [1.54, 1.807) is 12.4 Å². The van der Waals surface area contributed by atoms with Gasteiger partial charge in [-0.2, -0.15) is 0 Å². The number of rotatable bonds is 3. The second kappa shape index (κ2) is 4.70. The number of fused-ring (bicyclic) bond motifs is 1. The molecule has 0 unspecified atom stereocenters. The summed E-state index contributed by atoms with van der Waals surface area (Å²) in [7, 11) is 0. The van der Waals surface area contributed by atoms with Crippen molar-refractivity contribution in [2.24, 2.45) is 5.92 Å². The van der Waals surface area contributed by atoms with Crippen LogP contribution in [0.25, 0.3) is 11.0 Å². The average Bonchev–Trinajstić information content (AvgIpc) is 2.89. The van der Waals surface area contributed by atoms with Gasteiger partial charge in [-0.1, -0.05) is 12.8 Å². The van der Waals surface area contributed by atoms with Crippen LogP contribution in [-0.4, -0.2) is 16.5 Å². The lowest BCUT2D eigenvalue weighted by atomic mass is 10.1. The van der Waals surface area contributed by atoms with Crippen molar-refractivity contribution >= 4 is 16.7 Å². The molecule has 1 saturated carbocycles. The summed E-state index contributed by atoms with van der Waals surface area (Å²) in [5.41, 5.74) is 3.08. The third-order valence-corrected chi connectivity index (χ3v) is 3.54. The lowest BCUT2D eigenvalue weighted by molar-refractivity contribution is 0.580. The molecule has 1 N–H and O–H groups in total. The predicted octanol–water partition coefficient (Wildman–Crippen LogP) is 3.23. The summed E-state index contributed by atoms with van der Waals surface area (Å²) in [4.78, 5) is 8.59. The van der Waals surface area contributed by atoms with E-state index in [1.807, 2.05) is 6.07 Å².